The number of carbonyl (C=O) groups excluding carboxylic acids is 2. The van der Waals surface area contributed by atoms with Gasteiger partial charge in [-0.1, -0.05) is 0 Å². The van der Waals surface area contributed by atoms with Crippen LogP contribution in [0.1, 0.15) is 33.6 Å². The molecular weight excluding hydrogens is 360 g/mol. The fourth-order valence-electron chi connectivity index (χ4n) is 3.36. The van der Waals surface area contributed by atoms with Gasteiger partial charge in [-0.05, 0) is 39.7 Å². The van der Waals surface area contributed by atoms with Crippen LogP contribution in [0.15, 0.2) is 18.5 Å². The summed E-state index contributed by atoms with van der Waals surface area (Å²) in [5.74, 6) is 0.741. The number of anilines is 1. The van der Waals surface area contributed by atoms with Crippen LogP contribution in [0.2, 0.25) is 0 Å². The second kappa shape index (κ2) is 8.62. The SMILES string of the molecule is CC(C)(C)OC(=O)N1CCN(C(=O)NC2CCN(c3ncccn3)CC2)CC1. The number of nitrogens with zero attached hydrogens (tertiary/aromatic N) is 5. The van der Waals surface area contributed by atoms with E-state index in [1.54, 1.807) is 28.3 Å². The Hall–Kier alpha value is -2.58. The predicted octanol–water partition coefficient (Wildman–Crippen LogP) is 1.71. The van der Waals surface area contributed by atoms with Gasteiger partial charge in [-0.15, -0.1) is 0 Å². The lowest BCUT2D eigenvalue weighted by atomic mass is 10.1. The maximum Gasteiger partial charge on any atom is 0.410 e. The Labute approximate surface area is 166 Å². The third kappa shape index (κ3) is 5.46. The van der Waals surface area contributed by atoms with Crippen molar-refractivity contribution in [2.75, 3.05) is 44.2 Å². The maximum absolute atomic E-state index is 12.6. The maximum atomic E-state index is 12.6. The molecule has 0 aliphatic carbocycles. The van der Waals surface area contributed by atoms with E-state index >= 15 is 0 Å². The summed E-state index contributed by atoms with van der Waals surface area (Å²) in [6.07, 6.45) is 4.90. The summed E-state index contributed by atoms with van der Waals surface area (Å²) in [7, 11) is 0. The van der Waals surface area contributed by atoms with Gasteiger partial charge in [0.05, 0.1) is 0 Å². The molecule has 154 valence electrons. The molecule has 0 bridgehead atoms. The number of urea groups is 1. The van der Waals surface area contributed by atoms with Crippen molar-refractivity contribution in [2.24, 2.45) is 0 Å². The molecule has 2 saturated heterocycles. The Morgan fingerprint density at radius 1 is 1.00 bits per heavy atom. The molecule has 1 aromatic rings. The monoisotopic (exact) mass is 390 g/mol. The van der Waals surface area contributed by atoms with Gasteiger partial charge in [-0.25, -0.2) is 19.6 Å². The Morgan fingerprint density at radius 3 is 2.14 bits per heavy atom. The minimum absolute atomic E-state index is 0.0572. The van der Waals surface area contributed by atoms with Gasteiger partial charge < -0.3 is 24.8 Å². The van der Waals surface area contributed by atoms with Crippen molar-refractivity contribution in [1.29, 1.82) is 0 Å². The molecule has 9 heteroatoms. The molecule has 3 amide bonds. The smallest absolute Gasteiger partial charge is 0.410 e. The lowest BCUT2D eigenvalue weighted by Gasteiger charge is -2.37. The summed E-state index contributed by atoms with van der Waals surface area (Å²) in [5, 5.41) is 3.13. The third-order valence-electron chi connectivity index (χ3n) is 4.88. The molecule has 2 aliphatic rings. The van der Waals surface area contributed by atoms with Crippen LogP contribution >= 0.6 is 0 Å². The molecule has 0 spiro atoms. The van der Waals surface area contributed by atoms with E-state index < -0.39 is 5.60 Å². The van der Waals surface area contributed by atoms with Crippen LogP contribution in [0.4, 0.5) is 15.5 Å². The number of carbonyl (C=O) groups is 2. The zero-order valence-corrected chi connectivity index (χ0v) is 16.9. The molecule has 0 saturated carbocycles. The number of nitrogens with one attached hydrogen (secondary N) is 1. The van der Waals surface area contributed by atoms with E-state index in [4.69, 9.17) is 4.74 Å². The van der Waals surface area contributed by atoms with Crippen molar-refractivity contribution in [2.45, 2.75) is 45.3 Å². The standard InChI is InChI=1S/C19H30N6O3/c1-19(2,3)28-18(27)25-13-11-24(12-14-25)17(26)22-15-5-9-23(10-6-15)16-20-7-4-8-21-16/h4,7-8,15H,5-6,9-14H2,1-3H3,(H,22,26). The van der Waals surface area contributed by atoms with Crippen LogP contribution in [0.5, 0.6) is 0 Å². The molecule has 1 aromatic heterocycles. The molecule has 2 fully saturated rings. The van der Waals surface area contributed by atoms with Gasteiger partial charge in [0.2, 0.25) is 5.95 Å². The van der Waals surface area contributed by atoms with Gasteiger partial charge in [0, 0.05) is 57.7 Å². The van der Waals surface area contributed by atoms with Crippen LogP contribution in [-0.2, 0) is 4.74 Å². The summed E-state index contributed by atoms with van der Waals surface area (Å²) in [5.41, 5.74) is -0.509. The Balaban J connectivity index is 1.40. The van der Waals surface area contributed by atoms with E-state index in [2.05, 4.69) is 20.2 Å². The summed E-state index contributed by atoms with van der Waals surface area (Å²) in [4.78, 5) is 38.8. The lowest BCUT2D eigenvalue weighted by molar-refractivity contribution is 0.0169. The predicted molar refractivity (Wildman–Crippen MR) is 105 cm³/mol. The first kappa shape index (κ1) is 20.2. The van der Waals surface area contributed by atoms with Crippen molar-refractivity contribution in [3.05, 3.63) is 18.5 Å². The Morgan fingerprint density at radius 2 is 1.57 bits per heavy atom. The molecular formula is C19H30N6O3. The number of piperazine rings is 1. The van der Waals surface area contributed by atoms with E-state index in [1.807, 2.05) is 20.8 Å². The second-order valence-electron chi connectivity index (χ2n) is 8.21. The zero-order valence-electron chi connectivity index (χ0n) is 16.9. The molecule has 0 aromatic carbocycles. The lowest BCUT2D eigenvalue weighted by Crippen LogP contribution is -2.56. The van der Waals surface area contributed by atoms with Crippen molar-refractivity contribution >= 4 is 18.1 Å². The average Bonchev–Trinajstić information content (AvgIpc) is 2.68. The molecule has 1 N–H and O–H groups in total. The largest absolute Gasteiger partial charge is 0.444 e. The van der Waals surface area contributed by atoms with Crippen molar-refractivity contribution < 1.29 is 14.3 Å². The fourth-order valence-corrected chi connectivity index (χ4v) is 3.36. The highest BCUT2D eigenvalue weighted by atomic mass is 16.6. The summed E-state index contributed by atoms with van der Waals surface area (Å²) in [6, 6.07) is 1.90. The third-order valence-corrected chi connectivity index (χ3v) is 4.88. The summed E-state index contributed by atoms with van der Waals surface area (Å²) >= 11 is 0. The minimum atomic E-state index is -0.509. The van der Waals surface area contributed by atoms with Crippen molar-refractivity contribution in [3.63, 3.8) is 0 Å². The van der Waals surface area contributed by atoms with Gasteiger partial charge in [0.25, 0.3) is 0 Å². The number of amides is 3. The molecule has 0 radical (unpaired) electrons. The van der Waals surface area contributed by atoms with E-state index in [0.29, 0.717) is 26.2 Å². The van der Waals surface area contributed by atoms with Gasteiger partial charge in [-0.3, -0.25) is 0 Å². The Kier molecular flexibility index (Phi) is 6.21. The van der Waals surface area contributed by atoms with Gasteiger partial charge >= 0.3 is 12.1 Å². The van der Waals surface area contributed by atoms with E-state index in [1.165, 1.54) is 0 Å². The average molecular weight is 390 g/mol. The topological polar surface area (TPSA) is 90.9 Å². The van der Waals surface area contributed by atoms with Crippen LogP contribution in [0.25, 0.3) is 0 Å². The number of piperidine rings is 1. The summed E-state index contributed by atoms with van der Waals surface area (Å²) < 4.78 is 5.39. The van der Waals surface area contributed by atoms with Gasteiger partial charge in [0.15, 0.2) is 0 Å². The van der Waals surface area contributed by atoms with Crippen LogP contribution in [0, 0.1) is 0 Å². The van der Waals surface area contributed by atoms with Crippen molar-refractivity contribution in [1.82, 2.24) is 25.1 Å². The highest BCUT2D eigenvalue weighted by Crippen LogP contribution is 2.16. The van der Waals surface area contributed by atoms with Crippen LogP contribution in [0.3, 0.4) is 0 Å². The van der Waals surface area contributed by atoms with Crippen LogP contribution in [-0.4, -0.2) is 82.8 Å². The number of rotatable bonds is 2. The molecule has 28 heavy (non-hydrogen) atoms. The second-order valence-corrected chi connectivity index (χ2v) is 8.21. The number of aromatic nitrogens is 2. The fraction of sp³-hybridized carbons (Fsp3) is 0.684. The molecule has 0 atom stereocenters. The van der Waals surface area contributed by atoms with Gasteiger partial charge in [-0.2, -0.15) is 0 Å². The molecule has 3 rings (SSSR count). The molecule has 3 heterocycles. The number of hydrogen-bond acceptors (Lipinski definition) is 6. The van der Waals surface area contributed by atoms with E-state index in [-0.39, 0.29) is 18.2 Å². The normalized spacial score (nSPS) is 18.8. The van der Waals surface area contributed by atoms with E-state index in [0.717, 1.165) is 31.9 Å². The first-order valence-corrected chi connectivity index (χ1v) is 9.87. The van der Waals surface area contributed by atoms with E-state index in [9.17, 15) is 9.59 Å². The summed E-state index contributed by atoms with van der Waals surface area (Å²) in [6.45, 7) is 9.21. The highest BCUT2D eigenvalue weighted by molar-refractivity contribution is 5.75. The van der Waals surface area contributed by atoms with Crippen molar-refractivity contribution in [3.8, 4) is 0 Å². The van der Waals surface area contributed by atoms with Gasteiger partial charge in [0.1, 0.15) is 5.60 Å². The minimum Gasteiger partial charge on any atom is -0.444 e. The first-order chi connectivity index (χ1) is 13.3. The number of ether oxygens (including phenoxy) is 1. The molecule has 9 nitrogen and oxygen atoms in total. The molecule has 0 unspecified atom stereocenters. The highest BCUT2D eigenvalue weighted by Gasteiger charge is 2.29. The quantitative estimate of drug-likeness (QED) is 0.827. The molecule has 2 aliphatic heterocycles. The Bertz CT molecular complexity index is 662. The number of hydrogen-bond donors (Lipinski definition) is 1. The first-order valence-electron chi connectivity index (χ1n) is 9.87. The van der Waals surface area contributed by atoms with Crippen LogP contribution < -0.4 is 10.2 Å². The zero-order chi connectivity index (χ0) is 20.1.